The molecule has 0 saturated carbocycles. The molecule has 1 aromatic rings. The normalized spacial score (nSPS) is 17.4. The van der Waals surface area contributed by atoms with Gasteiger partial charge in [0.05, 0.1) is 23.9 Å². The smallest absolute Gasteiger partial charge is 0.0637 e. The lowest BCUT2D eigenvalue weighted by atomic mass is 10.2. The minimum atomic E-state index is 0.772. The Morgan fingerprint density at radius 1 is 1.38 bits per heavy atom. The molecule has 2 rings (SSSR count). The van der Waals surface area contributed by atoms with Crippen LogP contribution in [-0.4, -0.2) is 38.3 Å². The molecule has 1 fully saturated rings. The summed E-state index contributed by atoms with van der Waals surface area (Å²) in [6, 6.07) is 6.14. The van der Waals surface area contributed by atoms with E-state index in [0.29, 0.717) is 0 Å². The number of halogens is 1. The van der Waals surface area contributed by atoms with Crippen molar-refractivity contribution in [3.63, 3.8) is 0 Å². The van der Waals surface area contributed by atoms with Crippen LogP contribution in [0, 0.1) is 0 Å². The average Bonchev–Trinajstić information content (AvgIpc) is 2.33. The van der Waals surface area contributed by atoms with Crippen LogP contribution < -0.4 is 5.32 Å². The zero-order valence-corrected chi connectivity index (χ0v) is 10.3. The Morgan fingerprint density at radius 3 is 2.81 bits per heavy atom. The molecule has 16 heavy (non-hydrogen) atoms. The molecule has 0 spiro atoms. The van der Waals surface area contributed by atoms with Gasteiger partial charge in [-0.15, -0.1) is 0 Å². The molecule has 1 saturated heterocycles. The van der Waals surface area contributed by atoms with Crippen LogP contribution in [0.5, 0.6) is 0 Å². The van der Waals surface area contributed by atoms with E-state index in [1.54, 1.807) is 0 Å². The van der Waals surface area contributed by atoms with Crippen LogP contribution in [0.15, 0.2) is 18.2 Å². The summed E-state index contributed by atoms with van der Waals surface area (Å²) in [5.74, 6) is 0. The minimum absolute atomic E-state index is 0.772. The van der Waals surface area contributed by atoms with Crippen molar-refractivity contribution in [1.82, 2.24) is 4.90 Å². The van der Waals surface area contributed by atoms with Crippen molar-refractivity contribution in [1.29, 1.82) is 0 Å². The third-order valence-electron chi connectivity index (χ3n) is 2.81. The maximum Gasteiger partial charge on any atom is 0.0637 e. The highest BCUT2D eigenvalue weighted by Crippen LogP contribution is 2.23. The molecule has 1 heterocycles. The Labute approximate surface area is 101 Å². The van der Waals surface area contributed by atoms with Gasteiger partial charge in [-0.2, -0.15) is 0 Å². The molecule has 4 heteroatoms. The van der Waals surface area contributed by atoms with Gasteiger partial charge in [-0.25, -0.2) is 0 Å². The number of hydrogen-bond acceptors (Lipinski definition) is 3. The van der Waals surface area contributed by atoms with Gasteiger partial charge in [0.25, 0.3) is 0 Å². The number of rotatable bonds is 3. The molecule has 0 atom stereocenters. The third-order valence-corrected chi connectivity index (χ3v) is 3.14. The van der Waals surface area contributed by atoms with E-state index >= 15 is 0 Å². The highest BCUT2D eigenvalue weighted by Gasteiger charge is 2.11. The molecule has 0 amide bonds. The second-order valence-corrected chi connectivity index (χ2v) is 4.36. The molecule has 1 aliphatic rings. The first kappa shape index (κ1) is 11.7. The van der Waals surface area contributed by atoms with E-state index in [0.717, 1.165) is 43.6 Å². The molecule has 1 aromatic carbocycles. The molecule has 1 aliphatic heterocycles. The van der Waals surface area contributed by atoms with Crippen molar-refractivity contribution < 1.29 is 4.74 Å². The number of ether oxygens (including phenoxy) is 1. The summed E-state index contributed by atoms with van der Waals surface area (Å²) < 4.78 is 5.33. The first-order valence-electron chi connectivity index (χ1n) is 5.56. The van der Waals surface area contributed by atoms with Gasteiger partial charge < -0.3 is 10.1 Å². The average molecular weight is 241 g/mol. The Bertz CT molecular complexity index is 351. The fourth-order valence-electron chi connectivity index (χ4n) is 1.88. The van der Waals surface area contributed by atoms with Crippen molar-refractivity contribution in [3.8, 4) is 0 Å². The number of nitrogens with zero attached hydrogens (tertiary/aromatic N) is 1. The van der Waals surface area contributed by atoms with E-state index in [-0.39, 0.29) is 0 Å². The van der Waals surface area contributed by atoms with Crippen LogP contribution >= 0.6 is 11.6 Å². The van der Waals surface area contributed by atoms with E-state index in [4.69, 9.17) is 16.3 Å². The highest BCUT2D eigenvalue weighted by molar-refractivity contribution is 6.33. The molecular weight excluding hydrogens is 224 g/mol. The number of hydrogen-bond donors (Lipinski definition) is 1. The summed E-state index contributed by atoms with van der Waals surface area (Å²) in [5.41, 5.74) is 2.28. The zero-order valence-electron chi connectivity index (χ0n) is 9.50. The van der Waals surface area contributed by atoms with Crippen molar-refractivity contribution in [2.24, 2.45) is 0 Å². The lowest BCUT2D eigenvalue weighted by Gasteiger charge is -2.26. The van der Waals surface area contributed by atoms with Gasteiger partial charge in [0.15, 0.2) is 0 Å². The Morgan fingerprint density at radius 2 is 2.12 bits per heavy atom. The summed E-state index contributed by atoms with van der Waals surface area (Å²) in [4.78, 5) is 2.40. The fourth-order valence-corrected chi connectivity index (χ4v) is 2.09. The lowest BCUT2D eigenvalue weighted by molar-refractivity contribution is 0.0342. The molecule has 0 unspecified atom stereocenters. The lowest BCUT2D eigenvalue weighted by Crippen LogP contribution is -2.35. The number of anilines is 1. The summed E-state index contributed by atoms with van der Waals surface area (Å²) >= 11 is 6.04. The molecule has 0 aliphatic carbocycles. The largest absolute Gasteiger partial charge is 0.387 e. The van der Waals surface area contributed by atoms with E-state index < -0.39 is 0 Å². The predicted molar refractivity (Wildman–Crippen MR) is 67.1 cm³/mol. The monoisotopic (exact) mass is 240 g/mol. The minimum Gasteiger partial charge on any atom is -0.387 e. The third kappa shape index (κ3) is 2.88. The number of benzene rings is 1. The Hall–Kier alpha value is -0.770. The van der Waals surface area contributed by atoms with E-state index in [2.05, 4.69) is 22.3 Å². The standard InChI is InChI=1S/C12H17ClN2O/c1-14-12-8-10(2-3-11(12)13)9-15-4-6-16-7-5-15/h2-3,8,14H,4-7,9H2,1H3. The van der Waals surface area contributed by atoms with Crippen LogP contribution in [0.4, 0.5) is 5.69 Å². The van der Waals surface area contributed by atoms with Gasteiger partial charge in [0, 0.05) is 26.7 Å². The van der Waals surface area contributed by atoms with Crippen LogP contribution in [0.1, 0.15) is 5.56 Å². The van der Waals surface area contributed by atoms with Crippen LogP contribution in [-0.2, 0) is 11.3 Å². The molecule has 0 radical (unpaired) electrons. The highest BCUT2D eigenvalue weighted by atomic mass is 35.5. The topological polar surface area (TPSA) is 24.5 Å². The van der Waals surface area contributed by atoms with Gasteiger partial charge in [0.2, 0.25) is 0 Å². The fraction of sp³-hybridized carbons (Fsp3) is 0.500. The van der Waals surface area contributed by atoms with Crippen molar-refractivity contribution in [3.05, 3.63) is 28.8 Å². The van der Waals surface area contributed by atoms with Gasteiger partial charge in [-0.3, -0.25) is 4.90 Å². The second kappa shape index (κ2) is 5.53. The van der Waals surface area contributed by atoms with Crippen LogP contribution in [0.2, 0.25) is 5.02 Å². The second-order valence-electron chi connectivity index (χ2n) is 3.95. The van der Waals surface area contributed by atoms with Gasteiger partial charge in [-0.05, 0) is 17.7 Å². The zero-order chi connectivity index (χ0) is 11.4. The van der Waals surface area contributed by atoms with Crippen LogP contribution in [0.3, 0.4) is 0 Å². The molecule has 0 aromatic heterocycles. The number of morpholine rings is 1. The first-order valence-corrected chi connectivity index (χ1v) is 5.93. The predicted octanol–water partition coefficient (Wildman–Crippen LogP) is 2.21. The summed E-state index contributed by atoms with van der Waals surface area (Å²) in [7, 11) is 1.89. The van der Waals surface area contributed by atoms with Gasteiger partial charge in [0.1, 0.15) is 0 Å². The number of nitrogens with one attached hydrogen (secondary N) is 1. The van der Waals surface area contributed by atoms with Gasteiger partial charge >= 0.3 is 0 Å². The van der Waals surface area contributed by atoms with Crippen LogP contribution in [0.25, 0.3) is 0 Å². The molecule has 1 N–H and O–H groups in total. The summed E-state index contributed by atoms with van der Waals surface area (Å²) in [5, 5.41) is 3.87. The van der Waals surface area contributed by atoms with Crippen molar-refractivity contribution in [2.45, 2.75) is 6.54 Å². The van der Waals surface area contributed by atoms with Gasteiger partial charge in [-0.1, -0.05) is 17.7 Å². The van der Waals surface area contributed by atoms with Crippen molar-refractivity contribution in [2.75, 3.05) is 38.7 Å². The van der Waals surface area contributed by atoms with Crippen molar-refractivity contribution >= 4 is 17.3 Å². The Kier molecular flexibility index (Phi) is 4.04. The molecule has 3 nitrogen and oxygen atoms in total. The quantitative estimate of drug-likeness (QED) is 0.877. The SMILES string of the molecule is CNc1cc(CN2CCOCC2)ccc1Cl. The van der Waals surface area contributed by atoms with E-state index in [1.807, 2.05) is 13.1 Å². The van der Waals surface area contributed by atoms with E-state index in [1.165, 1.54) is 5.56 Å². The molecule has 88 valence electrons. The maximum absolute atomic E-state index is 6.04. The first-order chi connectivity index (χ1) is 7.79. The van der Waals surface area contributed by atoms with E-state index in [9.17, 15) is 0 Å². The maximum atomic E-state index is 6.04. The molecule has 0 bridgehead atoms. The summed E-state index contributed by atoms with van der Waals surface area (Å²) in [6.45, 7) is 4.67. The summed E-state index contributed by atoms with van der Waals surface area (Å²) in [6.07, 6.45) is 0. The Balaban J connectivity index is 2.03. The molecular formula is C12H17ClN2O.